The summed E-state index contributed by atoms with van der Waals surface area (Å²) < 4.78 is 19.4. The number of methoxy groups -OCH3 is 1. The Morgan fingerprint density at radius 3 is 2.97 bits per heavy atom. The van der Waals surface area contributed by atoms with E-state index in [4.69, 9.17) is 14.2 Å². The third kappa shape index (κ3) is 5.92. The van der Waals surface area contributed by atoms with Gasteiger partial charge in [0.05, 0.1) is 26.3 Å². The molecule has 2 atom stereocenters. The average Bonchev–Trinajstić information content (AvgIpc) is 3.51. The molecule has 1 aromatic heterocycles. The summed E-state index contributed by atoms with van der Waals surface area (Å²) in [4.78, 5) is 15.0. The standard InChI is InChI=1S/C26H31N5O4/c1-33-24-7-3-5-21-16-30-9-8-20(15-30)14-27-25(32)13-19-4-2-6-23(12-19)34-11-10-31-17-22(28-29-31)18-35-26(21)24/h2-7,12,17,20H,8-11,13-16,18H2,1H3,(H,27,32). The summed E-state index contributed by atoms with van der Waals surface area (Å²) in [5, 5.41) is 11.6. The number of amides is 1. The van der Waals surface area contributed by atoms with Gasteiger partial charge in [-0.15, -0.1) is 5.10 Å². The van der Waals surface area contributed by atoms with Crippen LogP contribution in [0.4, 0.5) is 0 Å². The molecule has 9 heteroatoms. The van der Waals surface area contributed by atoms with Gasteiger partial charge in [-0.3, -0.25) is 9.69 Å². The Morgan fingerprint density at radius 1 is 1.14 bits per heavy atom. The minimum absolute atomic E-state index is 0.0325. The Hall–Kier alpha value is -3.59. The second-order valence-electron chi connectivity index (χ2n) is 9.08. The van der Waals surface area contributed by atoms with Crippen LogP contribution in [0.15, 0.2) is 48.7 Å². The van der Waals surface area contributed by atoms with Gasteiger partial charge in [0.2, 0.25) is 5.91 Å². The first-order valence-corrected chi connectivity index (χ1v) is 12.0. The molecule has 1 fully saturated rings. The summed E-state index contributed by atoms with van der Waals surface area (Å²) in [6, 6.07) is 13.7. The van der Waals surface area contributed by atoms with Gasteiger partial charge in [0.1, 0.15) is 24.7 Å². The molecule has 0 spiro atoms. The fourth-order valence-corrected chi connectivity index (χ4v) is 4.64. The van der Waals surface area contributed by atoms with Crippen LogP contribution in [0.2, 0.25) is 0 Å². The van der Waals surface area contributed by atoms with Crippen LogP contribution in [0.25, 0.3) is 0 Å². The van der Waals surface area contributed by atoms with Crippen molar-refractivity contribution < 1.29 is 19.0 Å². The molecule has 2 unspecified atom stereocenters. The summed E-state index contributed by atoms with van der Waals surface area (Å²) in [7, 11) is 1.65. The fourth-order valence-electron chi connectivity index (χ4n) is 4.64. The number of nitrogens with one attached hydrogen (secondary N) is 1. The molecule has 3 aromatic rings. The van der Waals surface area contributed by atoms with Gasteiger partial charge in [0, 0.05) is 25.2 Å². The maximum Gasteiger partial charge on any atom is 0.224 e. The smallest absolute Gasteiger partial charge is 0.224 e. The highest BCUT2D eigenvalue weighted by Crippen LogP contribution is 2.33. The van der Waals surface area contributed by atoms with Gasteiger partial charge in [0.15, 0.2) is 11.5 Å². The monoisotopic (exact) mass is 477 g/mol. The molecule has 0 saturated carbocycles. The number of hydrogen-bond acceptors (Lipinski definition) is 7. The number of benzene rings is 2. The number of nitrogens with zero attached hydrogens (tertiary/aromatic N) is 4. The van der Waals surface area contributed by atoms with Crippen molar-refractivity contribution in [3.63, 3.8) is 0 Å². The van der Waals surface area contributed by atoms with E-state index in [1.54, 1.807) is 11.8 Å². The molecule has 1 amide bonds. The first kappa shape index (κ1) is 23.2. The molecule has 2 aromatic carbocycles. The molecular formula is C26H31N5O4. The van der Waals surface area contributed by atoms with Crippen molar-refractivity contribution in [1.82, 2.24) is 25.2 Å². The Bertz CT molecular complexity index is 1160. The molecule has 35 heavy (non-hydrogen) atoms. The Kier molecular flexibility index (Phi) is 7.13. The van der Waals surface area contributed by atoms with E-state index in [1.165, 1.54) is 0 Å². The summed E-state index contributed by atoms with van der Waals surface area (Å²) in [5.41, 5.74) is 2.74. The zero-order valence-corrected chi connectivity index (χ0v) is 20.0. The highest BCUT2D eigenvalue weighted by atomic mass is 16.5. The number of ether oxygens (including phenoxy) is 3. The van der Waals surface area contributed by atoms with Gasteiger partial charge in [-0.05, 0) is 42.6 Å². The Labute approximate surface area is 205 Å². The molecule has 3 heterocycles. The quantitative estimate of drug-likeness (QED) is 0.576. The Morgan fingerprint density at radius 2 is 2.06 bits per heavy atom. The van der Waals surface area contributed by atoms with E-state index in [2.05, 4.69) is 26.6 Å². The van der Waals surface area contributed by atoms with Crippen molar-refractivity contribution in [3.05, 3.63) is 65.5 Å². The first-order chi connectivity index (χ1) is 17.2. The maximum absolute atomic E-state index is 12.6. The van der Waals surface area contributed by atoms with E-state index < -0.39 is 0 Å². The lowest BCUT2D eigenvalue weighted by Gasteiger charge is -2.20. The topological polar surface area (TPSA) is 90.7 Å². The molecular weight excluding hydrogens is 446 g/mol. The van der Waals surface area contributed by atoms with Gasteiger partial charge in [-0.2, -0.15) is 0 Å². The molecule has 1 N–H and O–H groups in total. The van der Waals surface area contributed by atoms with Gasteiger partial charge in [-0.25, -0.2) is 4.68 Å². The number of para-hydroxylation sites is 1. The summed E-state index contributed by atoms with van der Waals surface area (Å²) in [5.74, 6) is 2.62. The summed E-state index contributed by atoms with van der Waals surface area (Å²) >= 11 is 0. The second-order valence-corrected chi connectivity index (χ2v) is 9.08. The van der Waals surface area contributed by atoms with E-state index >= 15 is 0 Å². The lowest BCUT2D eigenvalue weighted by atomic mass is 10.1. The molecule has 1 saturated heterocycles. The number of aromatic nitrogens is 3. The third-order valence-electron chi connectivity index (χ3n) is 6.43. The van der Waals surface area contributed by atoms with Gasteiger partial charge >= 0.3 is 0 Å². The zero-order valence-electron chi connectivity index (χ0n) is 20.0. The predicted octanol–water partition coefficient (Wildman–Crippen LogP) is 2.44. The van der Waals surface area contributed by atoms with Crippen molar-refractivity contribution in [3.8, 4) is 17.2 Å². The predicted molar refractivity (Wildman–Crippen MR) is 129 cm³/mol. The molecule has 0 aliphatic carbocycles. The lowest BCUT2D eigenvalue weighted by Crippen LogP contribution is -2.32. The van der Waals surface area contributed by atoms with E-state index in [0.29, 0.717) is 44.4 Å². The largest absolute Gasteiger partial charge is 0.493 e. The van der Waals surface area contributed by atoms with Crippen LogP contribution in [-0.2, 0) is 30.9 Å². The number of fused-ring (bicyclic) bond motifs is 7. The second kappa shape index (κ2) is 10.8. The molecule has 9 nitrogen and oxygen atoms in total. The van der Waals surface area contributed by atoms with Gasteiger partial charge in [0.25, 0.3) is 0 Å². The minimum atomic E-state index is 0.0325. The summed E-state index contributed by atoms with van der Waals surface area (Å²) in [6.07, 6.45) is 3.25. The summed E-state index contributed by atoms with van der Waals surface area (Å²) in [6.45, 7) is 4.63. The molecule has 5 rings (SSSR count). The first-order valence-electron chi connectivity index (χ1n) is 12.0. The molecule has 6 bridgehead atoms. The van der Waals surface area contributed by atoms with Gasteiger partial charge < -0.3 is 19.5 Å². The van der Waals surface area contributed by atoms with Gasteiger partial charge in [-0.1, -0.05) is 29.5 Å². The SMILES string of the molecule is COc1cccc2c1OCc1cn(nn1)CCOc1cccc(c1)CC(=O)NCC1CCN(C2)C1. The maximum atomic E-state index is 12.6. The van der Waals surface area contributed by atoms with Crippen LogP contribution in [-0.4, -0.2) is 59.2 Å². The van der Waals surface area contributed by atoms with Crippen molar-refractivity contribution >= 4 is 5.91 Å². The van der Waals surface area contributed by atoms with Crippen molar-refractivity contribution in [2.75, 3.05) is 33.4 Å². The van der Waals surface area contributed by atoms with E-state index in [9.17, 15) is 4.79 Å². The lowest BCUT2D eigenvalue weighted by molar-refractivity contribution is -0.120. The molecule has 0 radical (unpaired) electrons. The van der Waals surface area contributed by atoms with Crippen LogP contribution in [0.3, 0.4) is 0 Å². The number of carbonyl (C=O) groups excluding carboxylic acids is 1. The van der Waals surface area contributed by atoms with Crippen LogP contribution in [0.1, 0.15) is 23.2 Å². The minimum Gasteiger partial charge on any atom is -0.493 e. The van der Waals surface area contributed by atoms with Crippen LogP contribution < -0.4 is 19.5 Å². The van der Waals surface area contributed by atoms with Crippen molar-refractivity contribution in [2.24, 2.45) is 5.92 Å². The number of hydrogen-bond donors (Lipinski definition) is 1. The van der Waals surface area contributed by atoms with Crippen LogP contribution in [0, 0.1) is 5.92 Å². The van der Waals surface area contributed by atoms with Crippen molar-refractivity contribution in [2.45, 2.75) is 32.5 Å². The van der Waals surface area contributed by atoms with E-state index in [0.717, 1.165) is 54.4 Å². The normalized spacial score (nSPS) is 21.0. The Balaban J connectivity index is 1.36. The molecule has 2 aliphatic rings. The third-order valence-corrected chi connectivity index (χ3v) is 6.43. The number of rotatable bonds is 1. The fraction of sp³-hybridized carbons (Fsp3) is 0.423. The molecule has 2 aliphatic heterocycles. The van der Waals surface area contributed by atoms with Crippen molar-refractivity contribution in [1.29, 1.82) is 0 Å². The van der Waals surface area contributed by atoms with Crippen LogP contribution >= 0.6 is 0 Å². The van der Waals surface area contributed by atoms with E-state index in [1.807, 2.05) is 42.6 Å². The average molecular weight is 478 g/mol. The zero-order chi connectivity index (χ0) is 24.0. The number of carbonyl (C=O) groups is 1. The van der Waals surface area contributed by atoms with E-state index in [-0.39, 0.29) is 5.91 Å². The highest BCUT2D eigenvalue weighted by Gasteiger charge is 2.24. The highest BCUT2D eigenvalue weighted by molar-refractivity contribution is 5.78. The molecule has 184 valence electrons. The van der Waals surface area contributed by atoms with Crippen LogP contribution in [0.5, 0.6) is 17.2 Å².